The van der Waals surface area contributed by atoms with Gasteiger partial charge < -0.3 is 10.1 Å². The van der Waals surface area contributed by atoms with Gasteiger partial charge in [-0.15, -0.1) is 17.5 Å². The molecule has 5 heteroatoms. The number of nitrogens with one attached hydrogen (secondary N) is 1. The molecule has 1 unspecified atom stereocenters. The number of aryl methyl sites for hydroxylation is 1. The van der Waals surface area contributed by atoms with Gasteiger partial charge in [-0.25, -0.2) is 0 Å². The zero-order chi connectivity index (χ0) is 10.3. The van der Waals surface area contributed by atoms with Crippen molar-refractivity contribution in [3.8, 4) is 5.88 Å². The molecule has 4 nitrogen and oxygen atoms in total. The number of halogens is 1. The summed E-state index contributed by atoms with van der Waals surface area (Å²) in [6, 6.07) is 3.85. The van der Waals surface area contributed by atoms with E-state index in [-0.39, 0.29) is 12.4 Å². The van der Waals surface area contributed by atoms with Crippen LogP contribution >= 0.6 is 12.4 Å². The number of ether oxygens (including phenoxy) is 1. The van der Waals surface area contributed by atoms with Gasteiger partial charge in [0.2, 0.25) is 5.88 Å². The number of aromatic nitrogens is 2. The summed E-state index contributed by atoms with van der Waals surface area (Å²) in [5.74, 6) is 2.01. The second-order valence-corrected chi connectivity index (χ2v) is 4.51. The molecule has 16 heavy (non-hydrogen) atoms. The summed E-state index contributed by atoms with van der Waals surface area (Å²) < 4.78 is 5.86. The fourth-order valence-electron chi connectivity index (χ4n) is 2.48. The first-order valence-electron chi connectivity index (χ1n) is 5.50. The number of rotatable bonds is 2. The fourth-order valence-corrected chi connectivity index (χ4v) is 2.48. The molecule has 0 amide bonds. The summed E-state index contributed by atoms with van der Waals surface area (Å²) in [6.45, 7) is 4.10. The van der Waals surface area contributed by atoms with E-state index in [4.69, 9.17) is 4.74 Å². The van der Waals surface area contributed by atoms with E-state index in [2.05, 4.69) is 15.5 Å². The third kappa shape index (κ3) is 1.99. The van der Waals surface area contributed by atoms with Crippen molar-refractivity contribution in [3.63, 3.8) is 0 Å². The predicted octanol–water partition coefficient (Wildman–Crippen LogP) is 1.19. The van der Waals surface area contributed by atoms with Crippen LogP contribution in [0.25, 0.3) is 0 Å². The maximum absolute atomic E-state index is 5.86. The van der Waals surface area contributed by atoms with Crippen LogP contribution in [0.3, 0.4) is 0 Å². The average Bonchev–Trinajstić information content (AvgIpc) is 2.29. The van der Waals surface area contributed by atoms with Crippen molar-refractivity contribution in [2.24, 2.45) is 11.8 Å². The Bertz CT molecular complexity index is 343. The lowest BCUT2D eigenvalue weighted by Gasteiger charge is -2.48. The number of piperidine rings is 2. The maximum Gasteiger partial charge on any atom is 0.233 e. The largest absolute Gasteiger partial charge is 0.473 e. The molecule has 0 spiro atoms. The fraction of sp³-hybridized carbons (Fsp3) is 0.636. The summed E-state index contributed by atoms with van der Waals surface area (Å²) >= 11 is 0. The summed E-state index contributed by atoms with van der Waals surface area (Å²) in [5.41, 5.74) is 0.929. The molecule has 3 rings (SSSR count). The first-order valence-corrected chi connectivity index (χ1v) is 5.50. The molecule has 1 aliphatic heterocycles. The van der Waals surface area contributed by atoms with Crippen molar-refractivity contribution in [2.45, 2.75) is 19.4 Å². The minimum atomic E-state index is 0. The monoisotopic (exact) mass is 241 g/mol. The Labute approximate surface area is 101 Å². The molecule has 0 aromatic carbocycles. The first-order chi connectivity index (χ1) is 7.33. The van der Waals surface area contributed by atoms with E-state index in [0.29, 0.717) is 23.8 Å². The van der Waals surface area contributed by atoms with Crippen molar-refractivity contribution in [2.75, 3.05) is 13.1 Å². The predicted molar refractivity (Wildman–Crippen MR) is 62.9 cm³/mol. The normalized spacial score (nSPS) is 31.2. The van der Waals surface area contributed by atoms with Crippen LogP contribution in [-0.2, 0) is 0 Å². The molecule has 2 aliphatic rings. The van der Waals surface area contributed by atoms with Gasteiger partial charge in [0.25, 0.3) is 0 Å². The highest BCUT2D eigenvalue weighted by atomic mass is 35.5. The lowest BCUT2D eigenvalue weighted by atomic mass is 9.69. The second kappa shape index (κ2) is 4.55. The molecule has 1 aliphatic carbocycles. The Morgan fingerprint density at radius 1 is 1.25 bits per heavy atom. The Kier molecular flexibility index (Phi) is 3.30. The molecule has 2 bridgehead atoms. The lowest BCUT2D eigenvalue weighted by molar-refractivity contribution is -0.0475. The summed E-state index contributed by atoms with van der Waals surface area (Å²) in [4.78, 5) is 0. The molecule has 1 saturated heterocycles. The number of fused-ring (bicyclic) bond motifs is 2. The van der Waals surface area contributed by atoms with Crippen LogP contribution in [0.4, 0.5) is 0 Å². The van der Waals surface area contributed by atoms with E-state index in [9.17, 15) is 0 Å². The number of hydrogen-bond donors (Lipinski definition) is 1. The van der Waals surface area contributed by atoms with Crippen LogP contribution in [0.2, 0.25) is 0 Å². The molecule has 3 atom stereocenters. The minimum Gasteiger partial charge on any atom is -0.473 e. The Morgan fingerprint density at radius 2 is 2.00 bits per heavy atom. The number of nitrogens with zero attached hydrogens (tertiary/aromatic N) is 2. The molecule has 2 fully saturated rings. The molecule has 1 N–H and O–H groups in total. The molecular weight excluding hydrogens is 226 g/mol. The summed E-state index contributed by atoms with van der Waals surface area (Å²) in [5, 5.41) is 11.4. The number of hydrogen-bond acceptors (Lipinski definition) is 4. The molecule has 0 radical (unpaired) electrons. The van der Waals surface area contributed by atoms with Crippen molar-refractivity contribution in [1.82, 2.24) is 15.5 Å². The zero-order valence-corrected chi connectivity index (χ0v) is 10.0. The maximum atomic E-state index is 5.86. The van der Waals surface area contributed by atoms with E-state index in [1.54, 1.807) is 0 Å². The molecule has 2 heterocycles. The molecule has 1 aromatic heterocycles. The van der Waals surface area contributed by atoms with Gasteiger partial charge >= 0.3 is 0 Å². The van der Waals surface area contributed by atoms with Crippen molar-refractivity contribution < 1.29 is 4.74 Å². The van der Waals surface area contributed by atoms with E-state index >= 15 is 0 Å². The van der Waals surface area contributed by atoms with E-state index in [0.717, 1.165) is 18.8 Å². The van der Waals surface area contributed by atoms with Crippen LogP contribution in [0.5, 0.6) is 5.88 Å². The van der Waals surface area contributed by atoms with E-state index < -0.39 is 0 Å². The van der Waals surface area contributed by atoms with E-state index in [1.165, 1.54) is 6.42 Å². The van der Waals surface area contributed by atoms with E-state index in [1.807, 2.05) is 19.1 Å². The summed E-state index contributed by atoms with van der Waals surface area (Å²) in [7, 11) is 0. The highest BCUT2D eigenvalue weighted by Gasteiger charge is 2.45. The van der Waals surface area contributed by atoms with Gasteiger partial charge in [-0.1, -0.05) is 0 Å². The van der Waals surface area contributed by atoms with Crippen molar-refractivity contribution >= 4 is 12.4 Å². The minimum absolute atomic E-state index is 0. The average molecular weight is 242 g/mol. The topological polar surface area (TPSA) is 47.0 Å². The second-order valence-electron chi connectivity index (χ2n) is 4.51. The molecule has 1 aromatic rings. The van der Waals surface area contributed by atoms with Crippen LogP contribution in [-0.4, -0.2) is 29.4 Å². The highest BCUT2D eigenvalue weighted by molar-refractivity contribution is 5.85. The van der Waals surface area contributed by atoms with Gasteiger partial charge in [-0.2, -0.15) is 5.10 Å². The molecule has 88 valence electrons. The first kappa shape index (κ1) is 11.6. The molecular formula is C11H16ClN3O. The lowest BCUT2D eigenvalue weighted by Crippen LogP contribution is -2.59. The molecule has 1 saturated carbocycles. The highest BCUT2D eigenvalue weighted by Crippen LogP contribution is 2.38. The smallest absolute Gasteiger partial charge is 0.233 e. The van der Waals surface area contributed by atoms with Crippen LogP contribution in [0.15, 0.2) is 12.1 Å². The standard InChI is InChI=1S/C11H15N3O.ClH/c1-7-2-3-10(14-13-7)15-11-8-4-9(11)6-12-5-8;/h2-3,8-9,11-12H,4-6H2,1H3;1H/t8-,9+,11?;. The van der Waals surface area contributed by atoms with Crippen molar-refractivity contribution in [1.29, 1.82) is 0 Å². The third-order valence-corrected chi connectivity index (χ3v) is 3.38. The summed E-state index contributed by atoms with van der Waals surface area (Å²) in [6.07, 6.45) is 1.67. The van der Waals surface area contributed by atoms with Crippen LogP contribution in [0.1, 0.15) is 12.1 Å². The SMILES string of the molecule is Cc1ccc(OC2[C@@H]3CNC[C@H]2C3)nn1.Cl. The van der Waals surface area contributed by atoms with Gasteiger partial charge in [-0.05, 0) is 19.4 Å². The Balaban J connectivity index is 0.000000963. The van der Waals surface area contributed by atoms with Gasteiger partial charge in [0.05, 0.1) is 5.69 Å². The van der Waals surface area contributed by atoms with Crippen LogP contribution < -0.4 is 10.1 Å². The quantitative estimate of drug-likeness (QED) is 0.845. The third-order valence-electron chi connectivity index (χ3n) is 3.38. The van der Waals surface area contributed by atoms with Gasteiger partial charge in [0.1, 0.15) is 6.10 Å². The van der Waals surface area contributed by atoms with Crippen LogP contribution in [0, 0.1) is 18.8 Å². The zero-order valence-electron chi connectivity index (χ0n) is 9.22. The van der Waals surface area contributed by atoms with Gasteiger partial charge in [0.15, 0.2) is 0 Å². The van der Waals surface area contributed by atoms with Gasteiger partial charge in [-0.3, -0.25) is 0 Å². The van der Waals surface area contributed by atoms with Crippen molar-refractivity contribution in [3.05, 3.63) is 17.8 Å². The van der Waals surface area contributed by atoms with Gasteiger partial charge in [0, 0.05) is 31.0 Å². The Hall–Kier alpha value is -0.870. The Morgan fingerprint density at radius 3 is 2.56 bits per heavy atom.